The molecule has 1 aliphatic rings. The minimum absolute atomic E-state index is 0.139. The highest BCUT2D eigenvalue weighted by atomic mass is 32.2. The Morgan fingerprint density at radius 2 is 2.09 bits per heavy atom. The van der Waals surface area contributed by atoms with Crippen molar-refractivity contribution in [3.8, 4) is 0 Å². The zero-order chi connectivity index (χ0) is 15.5. The van der Waals surface area contributed by atoms with E-state index >= 15 is 0 Å². The van der Waals surface area contributed by atoms with E-state index in [1.807, 2.05) is 0 Å². The van der Waals surface area contributed by atoms with Gasteiger partial charge in [0, 0.05) is 18.2 Å². The highest BCUT2D eigenvalue weighted by Gasteiger charge is 2.29. The Labute approximate surface area is 132 Å². The number of aromatic nitrogens is 3. The molecule has 1 aromatic carbocycles. The maximum atomic E-state index is 12.8. The number of nitrogens with one attached hydrogen (secondary N) is 1. The van der Waals surface area contributed by atoms with Crippen LogP contribution in [0.4, 0.5) is 10.1 Å². The minimum atomic E-state index is -0.322. The lowest BCUT2D eigenvalue weighted by Gasteiger charge is -2.08. The fourth-order valence-corrected chi connectivity index (χ4v) is 3.03. The molecule has 1 fully saturated rings. The monoisotopic (exact) mass is 320 g/mol. The molecule has 2 aromatic rings. The first-order chi connectivity index (χ1) is 10.7. The van der Waals surface area contributed by atoms with Crippen molar-refractivity contribution >= 4 is 23.4 Å². The van der Waals surface area contributed by atoms with Gasteiger partial charge in [0.1, 0.15) is 11.6 Å². The number of halogens is 1. The van der Waals surface area contributed by atoms with E-state index < -0.39 is 0 Å². The number of anilines is 1. The third kappa shape index (κ3) is 3.47. The SMILES string of the molecule is CCc1nnc(SCC(=O)Nc2ccc(F)cc2)n1C1CC1. The van der Waals surface area contributed by atoms with Gasteiger partial charge in [-0.25, -0.2) is 4.39 Å². The van der Waals surface area contributed by atoms with Gasteiger partial charge in [0.25, 0.3) is 0 Å². The van der Waals surface area contributed by atoms with E-state index in [2.05, 4.69) is 27.0 Å². The molecule has 116 valence electrons. The summed E-state index contributed by atoms with van der Waals surface area (Å²) in [6.45, 7) is 2.05. The molecule has 0 radical (unpaired) electrons. The molecule has 22 heavy (non-hydrogen) atoms. The van der Waals surface area contributed by atoms with Crippen LogP contribution in [0.25, 0.3) is 0 Å². The maximum Gasteiger partial charge on any atom is 0.234 e. The number of hydrogen-bond acceptors (Lipinski definition) is 4. The van der Waals surface area contributed by atoms with Gasteiger partial charge in [0.05, 0.1) is 5.75 Å². The Morgan fingerprint density at radius 3 is 2.73 bits per heavy atom. The molecule has 0 aliphatic heterocycles. The van der Waals surface area contributed by atoms with Crippen molar-refractivity contribution < 1.29 is 9.18 Å². The van der Waals surface area contributed by atoms with Gasteiger partial charge in [-0.05, 0) is 37.1 Å². The van der Waals surface area contributed by atoms with Crippen molar-refractivity contribution in [1.29, 1.82) is 0 Å². The summed E-state index contributed by atoms with van der Waals surface area (Å²) in [6, 6.07) is 6.21. The van der Waals surface area contributed by atoms with E-state index in [0.717, 1.165) is 30.2 Å². The molecule has 1 saturated carbocycles. The van der Waals surface area contributed by atoms with Gasteiger partial charge < -0.3 is 9.88 Å². The minimum Gasteiger partial charge on any atom is -0.325 e. The normalized spacial score (nSPS) is 14.1. The van der Waals surface area contributed by atoms with Crippen LogP contribution in [0.2, 0.25) is 0 Å². The summed E-state index contributed by atoms with van der Waals surface area (Å²) in [5.74, 6) is 0.771. The second-order valence-corrected chi connectivity index (χ2v) is 6.14. The summed E-state index contributed by atoms with van der Waals surface area (Å²) in [5.41, 5.74) is 0.588. The van der Waals surface area contributed by atoms with Gasteiger partial charge >= 0.3 is 0 Å². The highest BCUT2D eigenvalue weighted by Crippen LogP contribution is 2.38. The third-order valence-electron chi connectivity index (χ3n) is 3.42. The highest BCUT2D eigenvalue weighted by molar-refractivity contribution is 7.99. The molecule has 0 spiro atoms. The zero-order valence-electron chi connectivity index (χ0n) is 12.3. The zero-order valence-corrected chi connectivity index (χ0v) is 13.1. The third-order valence-corrected chi connectivity index (χ3v) is 4.37. The first kappa shape index (κ1) is 15.0. The van der Waals surface area contributed by atoms with Crippen LogP contribution in [-0.4, -0.2) is 26.4 Å². The topological polar surface area (TPSA) is 59.8 Å². The van der Waals surface area contributed by atoms with Crippen LogP contribution in [0.1, 0.15) is 31.6 Å². The van der Waals surface area contributed by atoms with Gasteiger partial charge in [0.2, 0.25) is 5.91 Å². The number of benzene rings is 1. The van der Waals surface area contributed by atoms with E-state index in [-0.39, 0.29) is 17.5 Å². The summed E-state index contributed by atoms with van der Waals surface area (Å²) in [6.07, 6.45) is 3.15. The molecule has 0 saturated heterocycles. The number of rotatable bonds is 6. The van der Waals surface area contributed by atoms with Gasteiger partial charge in [-0.1, -0.05) is 18.7 Å². The lowest BCUT2D eigenvalue weighted by molar-refractivity contribution is -0.113. The van der Waals surface area contributed by atoms with Crippen LogP contribution in [-0.2, 0) is 11.2 Å². The van der Waals surface area contributed by atoms with Crippen molar-refractivity contribution in [2.75, 3.05) is 11.1 Å². The van der Waals surface area contributed by atoms with E-state index in [1.54, 1.807) is 12.1 Å². The van der Waals surface area contributed by atoms with Gasteiger partial charge in [-0.3, -0.25) is 4.79 Å². The summed E-state index contributed by atoms with van der Waals surface area (Å²) < 4.78 is 15.0. The standard InChI is InChI=1S/C15H17FN4OS/c1-2-13-18-19-15(20(13)12-7-8-12)22-9-14(21)17-11-5-3-10(16)4-6-11/h3-6,12H,2,7-9H2,1H3,(H,17,21). The Bertz CT molecular complexity index is 667. The molecule has 1 amide bonds. The summed E-state index contributed by atoms with van der Waals surface area (Å²) >= 11 is 1.39. The quantitative estimate of drug-likeness (QED) is 0.831. The number of amides is 1. The Balaban J connectivity index is 1.59. The van der Waals surface area contributed by atoms with Crippen molar-refractivity contribution in [2.24, 2.45) is 0 Å². The molecule has 1 heterocycles. The van der Waals surface area contributed by atoms with E-state index in [0.29, 0.717) is 11.7 Å². The number of hydrogen-bond donors (Lipinski definition) is 1. The predicted molar refractivity (Wildman–Crippen MR) is 83.4 cm³/mol. The maximum absolute atomic E-state index is 12.8. The first-order valence-electron chi connectivity index (χ1n) is 7.29. The van der Waals surface area contributed by atoms with Gasteiger partial charge in [-0.15, -0.1) is 10.2 Å². The molecule has 1 aromatic heterocycles. The molecule has 0 atom stereocenters. The second kappa shape index (κ2) is 6.48. The van der Waals surface area contributed by atoms with E-state index in [1.165, 1.54) is 23.9 Å². The number of carbonyl (C=O) groups is 1. The van der Waals surface area contributed by atoms with Crippen LogP contribution in [0.15, 0.2) is 29.4 Å². The smallest absolute Gasteiger partial charge is 0.234 e. The van der Waals surface area contributed by atoms with Crippen LogP contribution in [0.5, 0.6) is 0 Å². The second-order valence-electron chi connectivity index (χ2n) is 5.20. The van der Waals surface area contributed by atoms with Crippen LogP contribution >= 0.6 is 11.8 Å². The van der Waals surface area contributed by atoms with Crippen LogP contribution < -0.4 is 5.32 Å². The first-order valence-corrected chi connectivity index (χ1v) is 8.28. The largest absolute Gasteiger partial charge is 0.325 e. The number of thioether (sulfide) groups is 1. The Kier molecular flexibility index (Phi) is 4.42. The fourth-order valence-electron chi connectivity index (χ4n) is 2.21. The lowest BCUT2D eigenvalue weighted by atomic mass is 10.3. The van der Waals surface area contributed by atoms with Gasteiger partial charge in [-0.2, -0.15) is 0 Å². The number of nitrogens with zero attached hydrogens (tertiary/aromatic N) is 3. The summed E-state index contributed by atoms with van der Waals surface area (Å²) in [7, 11) is 0. The van der Waals surface area contributed by atoms with Gasteiger partial charge in [0.15, 0.2) is 5.16 Å². The summed E-state index contributed by atoms with van der Waals surface area (Å²) in [4.78, 5) is 12.0. The molecule has 3 rings (SSSR count). The van der Waals surface area contributed by atoms with Crippen molar-refractivity contribution in [1.82, 2.24) is 14.8 Å². The van der Waals surface area contributed by atoms with E-state index in [4.69, 9.17) is 0 Å². The van der Waals surface area contributed by atoms with Crippen molar-refractivity contribution in [3.63, 3.8) is 0 Å². The molecule has 7 heteroatoms. The fraction of sp³-hybridized carbons (Fsp3) is 0.400. The molecule has 0 unspecified atom stereocenters. The molecule has 1 N–H and O–H groups in total. The molecule has 1 aliphatic carbocycles. The number of carbonyl (C=O) groups excluding carboxylic acids is 1. The molecule has 0 bridgehead atoms. The van der Waals surface area contributed by atoms with Crippen molar-refractivity contribution in [2.45, 2.75) is 37.4 Å². The van der Waals surface area contributed by atoms with Crippen LogP contribution in [0.3, 0.4) is 0 Å². The Morgan fingerprint density at radius 1 is 1.36 bits per heavy atom. The average molecular weight is 320 g/mol. The lowest BCUT2D eigenvalue weighted by Crippen LogP contribution is -2.14. The average Bonchev–Trinajstić information content (AvgIpc) is 3.27. The van der Waals surface area contributed by atoms with Crippen molar-refractivity contribution in [3.05, 3.63) is 35.9 Å². The summed E-state index contributed by atoms with van der Waals surface area (Å²) in [5, 5.41) is 11.9. The predicted octanol–water partition coefficient (Wildman–Crippen LogP) is 3.05. The molecular formula is C15H17FN4OS. The Hall–Kier alpha value is -1.89. The molecular weight excluding hydrogens is 303 g/mol. The van der Waals surface area contributed by atoms with E-state index in [9.17, 15) is 9.18 Å². The molecule has 5 nitrogen and oxygen atoms in total. The van der Waals surface area contributed by atoms with Crippen LogP contribution in [0, 0.1) is 5.82 Å². The number of aryl methyl sites for hydroxylation is 1.